The highest BCUT2D eigenvalue weighted by Gasteiger charge is 2.30. The molecule has 0 saturated heterocycles. The number of halogens is 1. The van der Waals surface area contributed by atoms with Gasteiger partial charge in [0.15, 0.2) is 5.16 Å². The third kappa shape index (κ3) is 4.04. The quantitative estimate of drug-likeness (QED) is 0.258. The number of nitrogens with zero attached hydrogens (tertiary/aromatic N) is 4. The molecule has 4 aromatic rings. The number of pyridine rings is 1. The van der Waals surface area contributed by atoms with E-state index in [0.717, 1.165) is 33.2 Å². The highest BCUT2D eigenvalue weighted by molar-refractivity contribution is 7.98. The van der Waals surface area contributed by atoms with E-state index in [9.17, 15) is 0 Å². The van der Waals surface area contributed by atoms with Crippen LogP contribution in [-0.4, -0.2) is 26.0 Å². The lowest BCUT2D eigenvalue weighted by atomic mass is 10.2. The topological polar surface area (TPSA) is 56.7 Å². The van der Waals surface area contributed by atoms with Crippen molar-refractivity contribution in [1.82, 2.24) is 19.7 Å². The van der Waals surface area contributed by atoms with Gasteiger partial charge in [0.2, 0.25) is 0 Å². The number of thioether (sulfide) groups is 2. The molecule has 0 spiro atoms. The zero-order valence-electron chi connectivity index (χ0n) is 15.8. The maximum Gasteiger partial charge on any atom is 0.191 e. The molecule has 0 atom stereocenters. The van der Waals surface area contributed by atoms with Gasteiger partial charge >= 0.3 is 0 Å². The van der Waals surface area contributed by atoms with E-state index in [4.69, 9.17) is 16.0 Å². The molecule has 3 aromatic heterocycles. The Morgan fingerprint density at radius 1 is 1.21 bits per heavy atom. The summed E-state index contributed by atoms with van der Waals surface area (Å²) in [7, 11) is 0. The lowest BCUT2D eigenvalue weighted by Crippen LogP contribution is -2.05. The summed E-state index contributed by atoms with van der Waals surface area (Å²) in [6, 6.07) is 12.3. The van der Waals surface area contributed by atoms with Crippen LogP contribution in [-0.2, 0) is 12.3 Å². The van der Waals surface area contributed by atoms with E-state index in [1.54, 1.807) is 29.8 Å². The van der Waals surface area contributed by atoms with Crippen molar-refractivity contribution in [3.8, 4) is 0 Å². The molecule has 0 radical (unpaired) electrons. The van der Waals surface area contributed by atoms with E-state index in [1.807, 2.05) is 12.1 Å². The Morgan fingerprint density at radius 2 is 2.10 bits per heavy atom. The Morgan fingerprint density at radius 3 is 2.86 bits per heavy atom. The van der Waals surface area contributed by atoms with Crippen LogP contribution in [0.3, 0.4) is 0 Å². The molecule has 1 saturated carbocycles. The van der Waals surface area contributed by atoms with Gasteiger partial charge in [-0.25, -0.2) is 4.98 Å². The van der Waals surface area contributed by atoms with Gasteiger partial charge in [-0.05, 0) is 49.4 Å². The fourth-order valence-corrected chi connectivity index (χ4v) is 4.94. The number of aromatic nitrogens is 4. The van der Waals surface area contributed by atoms with Crippen LogP contribution in [0.1, 0.15) is 35.9 Å². The van der Waals surface area contributed by atoms with Crippen LogP contribution >= 0.6 is 35.1 Å². The highest BCUT2D eigenvalue weighted by atomic mass is 35.5. The van der Waals surface area contributed by atoms with Gasteiger partial charge in [0, 0.05) is 27.5 Å². The number of furan rings is 1. The second-order valence-corrected chi connectivity index (χ2v) is 9.25. The summed E-state index contributed by atoms with van der Waals surface area (Å²) in [6.45, 7) is 0.648. The van der Waals surface area contributed by atoms with Gasteiger partial charge in [-0.2, -0.15) is 0 Å². The van der Waals surface area contributed by atoms with Crippen LogP contribution in [0.4, 0.5) is 0 Å². The Bertz CT molecular complexity index is 1160. The molecule has 0 amide bonds. The summed E-state index contributed by atoms with van der Waals surface area (Å²) < 4.78 is 7.72. The number of benzene rings is 1. The van der Waals surface area contributed by atoms with Gasteiger partial charge in [0.25, 0.3) is 0 Å². The van der Waals surface area contributed by atoms with Crippen LogP contribution in [0.2, 0.25) is 5.15 Å². The third-order valence-corrected chi connectivity index (χ3v) is 7.06. The van der Waals surface area contributed by atoms with Crippen molar-refractivity contribution in [3.05, 3.63) is 65.0 Å². The normalized spacial score (nSPS) is 14.0. The van der Waals surface area contributed by atoms with Crippen molar-refractivity contribution in [2.75, 3.05) is 6.26 Å². The SMILES string of the molecule is CSc1ccc2cc(CSc3nnc(C4CC4)n3Cc3ccco3)c(Cl)nc2c1. The molecule has 0 bridgehead atoms. The van der Waals surface area contributed by atoms with Crippen molar-refractivity contribution < 1.29 is 4.42 Å². The molecule has 0 unspecified atom stereocenters. The summed E-state index contributed by atoms with van der Waals surface area (Å²) in [5, 5.41) is 11.4. The second-order valence-electron chi connectivity index (χ2n) is 7.07. The average molecular weight is 443 g/mol. The predicted octanol–water partition coefficient (Wildman–Crippen LogP) is 6.01. The fourth-order valence-electron chi connectivity index (χ4n) is 3.29. The summed E-state index contributed by atoms with van der Waals surface area (Å²) in [6.07, 6.45) is 6.12. The summed E-state index contributed by atoms with van der Waals surface area (Å²) in [4.78, 5) is 5.79. The standard InChI is InChI=1S/C21H19ClN4OS2/c1-28-17-7-6-14-9-15(19(22)23-18(14)10-17)12-29-21-25-24-20(13-4-5-13)26(21)11-16-3-2-8-27-16/h2-3,6-10,13H,4-5,11-12H2,1H3. The van der Waals surface area contributed by atoms with Crippen LogP contribution in [0, 0.1) is 0 Å². The van der Waals surface area contributed by atoms with E-state index in [-0.39, 0.29) is 0 Å². The maximum absolute atomic E-state index is 6.50. The monoisotopic (exact) mass is 442 g/mol. The van der Waals surface area contributed by atoms with Crippen molar-refractivity contribution >= 4 is 46.0 Å². The number of fused-ring (bicyclic) bond motifs is 1. The van der Waals surface area contributed by atoms with Gasteiger partial charge in [0.1, 0.15) is 16.7 Å². The molecule has 1 aromatic carbocycles. The molecule has 148 valence electrons. The Kier molecular flexibility index (Phi) is 5.28. The minimum atomic E-state index is 0.517. The first-order valence-corrected chi connectivity index (χ1v) is 12.0. The van der Waals surface area contributed by atoms with Crippen molar-refractivity contribution in [2.45, 2.75) is 41.1 Å². The molecule has 0 aliphatic heterocycles. The molecule has 5 nitrogen and oxygen atoms in total. The zero-order valence-corrected chi connectivity index (χ0v) is 18.2. The van der Waals surface area contributed by atoms with Gasteiger partial charge < -0.3 is 4.42 Å². The Labute approximate surface area is 182 Å². The highest BCUT2D eigenvalue weighted by Crippen LogP contribution is 2.40. The van der Waals surface area contributed by atoms with Crippen LogP contribution in [0.5, 0.6) is 0 Å². The lowest BCUT2D eigenvalue weighted by Gasteiger charge is -2.09. The van der Waals surface area contributed by atoms with Gasteiger partial charge in [-0.1, -0.05) is 29.4 Å². The molecule has 5 rings (SSSR count). The van der Waals surface area contributed by atoms with E-state index >= 15 is 0 Å². The molecule has 3 heterocycles. The van der Waals surface area contributed by atoms with Crippen molar-refractivity contribution in [2.24, 2.45) is 0 Å². The molecule has 0 N–H and O–H groups in total. The molecular formula is C21H19ClN4OS2. The van der Waals surface area contributed by atoms with Crippen LogP contribution in [0.25, 0.3) is 10.9 Å². The first-order chi connectivity index (χ1) is 14.2. The van der Waals surface area contributed by atoms with Crippen LogP contribution in [0.15, 0.2) is 57.1 Å². The molecule has 29 heavy (non-hydrogen) atoms. The first kappa shape index (κ1) is 19.0. The minimum absolute atomic E-state index is 0.517. The Balaban J connectivity index is 1.40. The molecule has 1 aliphatic rings. The van der Waals surface area contributed by atoms with Gasteiger partial charge in [0.05, 0.1) is 18.3 Å². The summed E-state index contributed by atoms with van der Waals surface area (Å²) in [5.74, 6) is 3.16. The lowest BCUT2D eigenvalue weighted by molar-refractivity contribution is 0.478. The summed E-state index contributed by atoms with van der Waals surface area (Å²) in [5.41, 5.74) is 1.93. The summed E-state index contributed by atoms with van der Waals surface area (Å²) >= 11 is 9.83. The number of rotatable bonds is 7. The van der Waals surface area contributed by atoms with Crippen molar-refractivity contribution in [3.63, 3.8) is 0 Å². The van der Waals surface area contributed by atoms with Gasteiger partial charge in [-0.3, -0.25) is 4.57 Å². The fraction of sp³-hybridized carbons (Fsp3) is 0.286. The molecular weight excluding hydrogens is 424 g/mol. The zero-order chi connectivity index (χ0) is 19.8. The average Bonchev–Trinajstić information content (AvgIpc) is 3.30. The van der Waals surface area contributed by atoms with E-state index in [1.165, 1.54) is 17.7 Å². The second kappa shape index (κ2) is 8.05. The number of hydrogen-bond donors (Lipinski definition) is 0. The molecule has 1 aliphatic carbocycles. The first-order valence-electron chi connectivity index (χ1n) is 9.42. The van der Waals surface area contributed by atoms with Crippen LogP contribution < -0.4 is 0 Å². The van der Waals surface area contributed by atoms with E-state index < -0.39 is 0 Å². The minimum Gasteiger partial charge on any atom is -0.467 e. The predicted molar refractivity (Wildman–Crippen MR) is 118 cm³/mol. The smallest absolute Gasteiger partial charge is 0.191 e. The Hall–Kier alpha value is -1.96. The largest absolute Gasteiger partial charge is 0.467 e. The maximum atomic E-state index is 6.50. The van der Waals surface area contributed by atoms with Gasteiger partial charge in [-0.15, -0.1) is 22.0 Å². The number of hydrogen-bond acceptors (Lipinski definition) is 6. The molecule has 1 fully saturated rings. The third-order valence-electron chi connectivity index (χ3n) is 4.99. The van der Waals surface area contributed by atoms with E-state index in [0.29, 0.717) is 23.4 Å². The van der Waals surface area contributed by atoms with Crippen molar-refractivity contribution in [1.29, 1.82) is 0 Å². The van der Waals surface area contributed by atoms with E-state index in [2.05, 4.69) is 50.3 Å². The molecule has 8 heteroatoms.